The van der Waals surface area contributed by atoms with Crippen LogP contribution < -0.4 is 15.5 Å². The van der Waals surface area contributed by atoms with Crippen LogP contribution in [-0.4, -0.2) is 73.2 Å². The van der Waals surface area contributed by atoms with E-state index in [0.29, 0.717) is 6.04 Å². The summed E-state index contributed by atoms with van der Waals surface area (Å²) >= 11 is 0. The quantitative estimate of drug-likeness (QED) is 0.344. The van der Waals surface area contributed by atoms with Crippen molar-refractivity contribution in [2.75, 3.05) is 51.2 Å². The Morgan fingerprint density at radius 2 is 1.86 bits per heavy atom. The van der Waals surface area contributed by atoms with E-state index in [1.165, 1.54) is 32.1 Å². The van der Waals surface area contributed by atoms with Gasteiger partial charge in [0.1, 0.15) is 0 Å². The van der Waals surface area contributed by atoms with E-state index in [4.69, 9.17) is 0 Å². The van der Waals surface area contributed by atoms with Crippen LogP contribution in [0.15, 0.2) is 23.5 Å². The molecule has 0 aromatic carbocycles. The molecule has 2 rings (SSSR count). The summed E-state index contributed by atoms with van der Waals surface area (Å²) in [5.74, 6) is 1.77. The van der Waals surface area contributed by atoms with Crippen molar-refractivity contribution in [2.45, 2.75) is 58.4 Å². The lowest BCUT2D eigenvalue weighted by Crippen LogP contribution is -2.48. The second-order valence-corrected chi connectivity index (χ2v) is 7.62. The first-order valence-corrected chi connectivity index (χ1v) is 10.9. The molecule has 1 aliphatic heterocycles. The van der Waals surface area contributed by atoms with Crippen molar-refractivity contribution >= 4 is 11.9 Å². The van der Waals surface area contributed by atoms with Crippen molar-refractivity contribution in [1.82, 2.24) is 25.5 Å². The standard InChI is InChI=1S/C21H39N7/c1-4-5-6-7-10-19(2)26-20(22-3)23-13-9-14-27-15-17-28(18-16-27)21-24-11-8-12-25-21/h8,11-12,19H,4-7,9-10,13-18H2,1-3H3,(H2,22,23,26). The molecule has 0 saturated carbocycles. The molecule has 158 valence electrons. The van der Waals surface area contributed by atoms with Crippen LogP contribution in [0.2, 0.25) is 0 Å². The molecule has 2 N–H and O–H groups in total. The second-order valence-electron chi connectivity index (χ2n) is 7.62. The molecule has 1 aromatic heterocycles. The molecular weight excluding hydrogens is 350 g/mol. The lowest BCUT2D eigenvalue weighted by atomic mass is 10.1. The summed E-state index contributed by atoms with van der Waals surface area (Å²) in [6, 6.07) is 2.33. The number of piperazine rings is 1. The fourth-order valence-corrected chi connectivity index (χ4v) is 3.51. The lowest BCUT2D eigenvalue weighted by molar-refractivity contribution is 0.254. The van der Waals surface area contributed by atoms with Crippen LogP contribution in [0.5, 0.6) is 0 Å². The number of anilines is 1. The van der Waals surface area contributed by atoms with Gasteiger partial charge in [0.25, 0.3) is 0 Å². The number of rotatable bonds is 11. The van der Waals surface area contributed by atoms with Gasteiger partial charge in [0.05, 0.1) is 0 Å². The van der Waals surface area contributed by atoms with Crippen LogP contribution in [-0.2, 0) is 0 Å². The molecule has 0 bridgehead atoms. The molecule has 28 heavy (non-hydrogen) atoms. The Labute approximate surface area is 171 Å². The summed E-state index contributed by atoms with van der Waals surface area (Å²) in [4.78, 5) is 17.8. The first-order chi connectivity index (χ1) is 13.7. The van der Waals surface area contributed by atoms with Crippen LogP contribution in [0.25, 0.3) is 0 Å². The summed E-state index contributed by atoms with van der Waals surface area (Å²) in [5.41, 5.74) is 0. The van der Waals surface area contributed by atoms with Crippen LogP contribution >= 0.6 is 0 Å². The summed E-state index contributed by atoms with van der Waals surface area (Å²) < 4.78 is 0. The smallest absolute Gasteiger partial charge is 0.225 e. The Kier molecular flexibility index (Phi) is 10.7. The molecule has 1 unspecified atom stereocenters. The third-order valence-electron chi connectivity index (χ3n) is 5.25. The van der Waals surface area contributed by atoms with Gasteiger partial charge in [-0.25, -0.2) is 9.97 Å². The van der Waals surface area contributed by atoms with Crippen molar-refractivity contribution in [2.24, 2.45) is 4.99 Å². The third-order valence-corrected chi connectivity index (χ3v) is 5.25. The Hall–Kier alpha value is -1.89. The summed E-state index contributed by atoms with van der Waals surface area (Å²) in [6.45, 7) is 10.7. The van der Waals surface area contributed by atoms with Gasteiger partial charge in [0, 0.05) is 58.2 Å². The monoisotopic (exact) mass is 389 g/mol. The van der Waals surface area contributed by atoms with Gasteiger partial charge in [-0.2, -0.15) is 0 Å². The van der Waals surface area contributed by atoms with E-state index in [1.807, 2.05) is 25.5 Å². The molecule has 1 atom stereocenters. The molecule has 0 radical (unpaired) electrons. The summed E-state index contributed by atoms with van der Waals surface area (Å²) in [7, 11) is 1.85. The van der Waals surface area contributed by atoms with Crippen LogP contribution in [0.4, 0.5) is 5.95 Å². The van der Waals surface area contributed by atoms with E-state index in [0.717, 1.165) is 57.6 Å². The minimum atomic E-state index is 0.469. The van der Waals surface area contributed by atoms with Crippen molar-refractivity contribution < 1.29 is 0 Å². The minimum Gasteiger partial charge on any atom is -0.356 e. The molecule has 1 aliphatic rings. The number of aliphatic imine (C=N–C) groups is 1. The highest BCUT2D eigenvalue weighted by atomic mass is 15.3. The molecule has 7 heteroatoms. The fourth-order valence-electron chi connectivity index (χ4n) is 3.51. The highest BCUT2D eigenvalue weighted by Gasteiger charge is 2.18. The summed E-state index contributed by atoms with van der Waals surface area (Å²) in [5, 5.41) is 6.97. The highest BCUT2D eigenvalue weighted by Crippen LogP contribution is 2.09. The Balaban J connectivity index is 1.55. The Morgan fingerprint density at radius 1 is 1.11 bits per heavy atom. The van der Waals surface area contributed by atoms with E-state index >= 15 is 0 Å². The minimum absolute atomic E-state index is 0.469. The predicted octanol–water partition coefficient (Wildman–Crippen LogP) is 2.51. The molecule has 0 amide bonds. The van der Waals surface area contributed by atoms with Gasteiger partial charge in [-0.05, 0) is 32.4 Å². The number of hydrogen-bond donors (Lipinski definition) is 2. The van der Waals surface area contributed by atoms with E-state index < -0.39 is 0 Å². The van der Waals surface area contributed by atoms with Gasteiger partial charge in [0.15, 0.2) is 5.96 Å². The first kappa shape index (κ1) is 22.4. The zero-order valence-electron chi connectivity index (χ0n) is 18.0. The molecule has 7 nitrogen and oxygen atoms in total. The van der Waals surface area contributed by atoms with Gasteiger partial charge in [-0.3, -0.25) is 9.89 Å². The van der Waals surface area contributed by atoms with Gasteiger partial charge in [-0.15, -0.1) is 0 Å². The van der Waals surface area contributed by atoms with Crippen molar-refractivity contribution in [1.29, 1.82) is 0 Å². The second kappa shape index (κ2) is 13.3. The van der Waals surface area contributed by atoms with Gasteiger partial charge in [-0.1, -0.05) is 32.6 Å². The summed E-state index contributed by atoms with van der Waals surface area (Å²) in [6.07, 6.45) is 11.2. The number of aromatic nitrogens is 2. The molecule has 2 heterocycles. The number of nitrogens with zero attached hydrogens (tertiary/aromatic N) is 5. The van der Waals surface area contributed by atoms with Gasteiger partial charge >= 0.3 is 0 Å². The highest BCUT2D eigenvalue weighted by molar-refractivity contribution is 5.79. The van der Waals surface area contributed by atoms with E-state index in [2.05, 4.69) is 49.2 Å². The number of nitrogens with one attached hydrogen (secondary N) is 2. The lowest BCUT2D eigenvalue weighted by Gasteiger charge is -2.34. The molecule has 1 fully saturated rings. The number of unbranched alkanes of at least 4 members (excludes halogenated alkanes) is 3. The zero-order valence-corrected chi connectivity index (χ0v) is 18.0. The van der Waals surface area contributed by atoms with Crippen molar-refractivity contribution in [3.05, 3.63) is 18.5 Å². The molecular formula is C21H39N7. The maximum Gasteiger partial charge on any atom is 0.225 e. The van der Waals surface area contributed by atoms with Crippen molar-refractivity contribution in [3.8, 4) is 0 Å². The number of hydrogen-bond acceptors (Lipinski definition) is 5. The van der Waals surface area contributed by atoms with Crippen LogP contribution in [0.1, 0.15) is 52.4 Å². The normalized spacial score (nSPS) is 16.8. The van der Waals surface area contributed by atoms with E-state index in [-0.39, 0.29) is 0 Å². The Morgan fingerprint density at radius 3 is 2.54 bits per heavy atom. The molecule has 0 spiro atoms. The Bertz CT molecular complexity index is 541. The number of guanidine groups is 1. The fraction of sp³-hybridized carbons (Fsp3) is 0.762. The van der Waals surface area contributed by atoms with Gasteiger partial charge < -0.3 is 15.5 Å². The third kappa shape index (κ3) is 8.42. The SMILES string of the molecule is CCCCCCC(C)NC(=NC)NCCCN1CCN(c2ncccn2)CC1. The average molecular weight is 390 g/mol. The molecule has 1 aromatic rings. The topological polar surface area (TPSA) is 68.7 Å². The largest absolute Gasteiger partial charge is 0.356 e. The van der Waals surface area contributed by atoms with E-state index in [9.17, 15) is 0 Å². The van der Waals surface area contributed by atoms with E-state index in [1.54, 1.807) is 0 Å². The van der Waals surface area contributed by atoms with Crippen molar-refractivity contribution in [3.63, 3.8) is 0 Å². The van der Waals surface area contributed by atoms with Crippen LogP contribution in [0.3, 0.4) is 0 Å². The maximum absolute atomic E-state index is 4.36. The average Bonchev–Trinajstić information content (AvgIpc) is 2.74. The molecule has 1 saturated heterocycles. The maximum atomic E-state index is 4.36. The van der Waals surface area contributed by atoms with Gasteiger partial charge in [0.2, 0.25) is 5.95 Å². The molecule has 0 aliphatic carbocycles. The zero-order chi connectivity index (χ0) is 20.0. The predicted molar refractivity (Wildman–Crippen MR) is 118 cm³/mol. The first-order valence-electron chi connectivity index (χ1n) is 10.9. The van der Waals surface area contributed by atoms with Crippen LogP contribution in [0, 0.1) is 0 Å².